The van der Waals surface area contributed by atoms with Crippen LogP contribution in [0.4, 0.5) is 0 Å². The molecule has 1 unspecified atom stereocenters. The molecule has 0 amide bonds. The smallest absolute Gasteiger partial charge is 0.307 e. The normalized spacial score (nSPS) is 12.5. The molecule has 0 aliphatic heterocycles. The van der Waals surface area contributed by atoms with Crippen LogP contribution in [-0.4, -0.2) is 89.4 Å². The van der Waals surface area contributed by atoms with Crippen LogP contribution in [0.1, 0.15) is 123 Å². The van der Waals surface area contributed by atoms with E-state index < -0.39 is 33.5 Å². The summed E-state index contributed by atoms with van der Waals surface area (Å²) in [7, 11) is -4.89. The molecular weight excluding hydrogens is 564 g/mol. The lowest BCUT2D eigenvalue weighted by atomic mass is 10.0. The molecule has 0 bridgehead atoms. The number of Topliss-reactive ketones (excluding diaryl/α,β-unsaturated/α-hetero) is 1. The van der Waals surface area contributed by atoms with Gasteiger partial charge in [-0.15, -0.1) is 0 Å². The number of rotatable bonds is 33. The number of unbranched alkanes of at least 4 members (excludes halogenated alkanes) is 15. The second kappa shape index (κ2) is 29.9. The number of hydrogen-bond donors (Lipinski definition) is 0. The van der Waals surface area contributed by atoms with E-state index in [1.165, 1.54) is 96.3 Å². The van der Waals surface area contributed by atoms with Gasteiger partial charge in [0.2, 0.25) is 0 Å². The van der Waals surface area contributed by atoms with Gasteiger partial charge in [-0.25, -0.2) is 8.42 Å². The quantitative estimate of drug-likeness (QED) is 0.0505. The minimum Gasteiger partial charge on any atom is -0.747 e. The fraction of sp³-hybridized carbons (Fsp3) is 0.935. The summed E-state index contributed by atoms with van der Waals surface area (Å²) in [5.41, 5.74) is 0. The first-order valence-corrected chi connectivity index (χ1v) is 17.7. The largest absolute Gasteiger partial charge is 0.747 e. The molecule has 0 saturated heterocycles. The minimum absolute atomic E-state index is 0.0806. The molecule has 0 N–H and O–H groups in total. The van der Waals surface area contributed by atoms with Gasteiger partial charge in [-0.1, -0.05) is 103 Å². The van der Waals surface area contributed by atoms with Gasteiger partial charge in [0.25, 0.3) is 0 Å². The molecule has 0 aromatic carbocycles. The lowest BCUT2D eigenvalue weighted by Crippen LogP contribution is -2.31. The molecule has 1 atom stereocenters. The Morgan fingerprint density at radius 1 is 0.548 bits per heavy atom. The number of carbonyl (C=O) groups excluding carboxylic acids is 2. The Balaban J connectivity index is 3.25. The fourth-order valence-corrected chi connectivity index (χ4v) is 5.13. The summed E-state index contributed by atoms with van der Waals surface area (Å²) in [6, 6.07) is 0. The predicted molar refractivity (Wildman–Crippen MR) is 163 cm³/mol. The molecular formula is C31H59O10S-. The summed E-state index contributed by atoms with van der Waals surface area (Å²) >= 11 is 0. The molecule has 42 heavy (non-hydrogen) atoms. The monoisotopic (exact) mass is 623 g/mol. The zero-order chi connectivity index (χ0) is 31.2. The van der Waals surface area contributed by atoms with Crippen LogP contribution in [0.5, 0.6) is 0 Å². The van der Waals surface area contributed by atoms with Crippen molar-refractivity contribution in [3.05, 3.63) is 0 Å². The molecule has 0 aromatic heterocycles. The average molecular weight is 624 g/mol. The van der Waals surface area contributed by atoms with Crippen molar-refractivity contribution in [3.63, 3.8) is 0 Å². The lowest BCUT2D eigenvalue weighted by Gasteiger charge is -2.16. The maximum absolute atomic E-state index is 11.6. The third-order valence-electron chi connectivity index (χ3n) is 6.90. The molecule has 0 fully saturated rings. The van der Waals surface area contributed by atoms with Crippen molar-refractivity contribution in [2.45, 2.75) is 128 Å². The zero-order valence-electron chi connectivity index (χ0n) is 26.5. The van der Waals surface area contributed by atoms with Crippen molar-refractivity contribution in [2.75, 3.05) is 59.5 Å². The van der Waals surface area contributed by atoms with Crippen LogP contribution >= 0.6 is 0 Å². The van der Waals surface area contributed by atoms with Gasteiger partial charge in [-0.05, 0) is 13.3 Å². The van der Waals surface area contributed by atoms with E-state index >= 15 is 0 Å². The van der Waals surface area contributed by atoms with Crippen molar-refractivity contribution in [3.8, 4) is 0 Å². The Kier molecular flexibility index (Phi) is 29.1. The van der Waals surface area contributed by atoms with Gasteiger partial charge >= 0.3 is 5.97 Å². The number of hydrogen-bond acceptors (Lipinski definition) is 10. The second-order valence-electron chi connectivity index (χ2n) is 10.8. The van der Waals surface area contributed by atoms with Gasteiger partial charge in [-0.2, -0.15) is 0 Å². The molecule has 10 nitrogen and oxygen atoms in total. The van der Waals surface area contributed by atoms with Crippen LogP contribution < -0.4 is 0 Å². The molecule has 0 spiro atoms. The molecule has 0 aromatic rings. The Labute approximate surface area is 255 Å². The van der Waals surface area contributed by atoms with Crippen LogP contribution in [0.15, 0.2) is 0 Å². The van der Waals surface area contributed by atoms with Gasteiger partial charge in [0.05, 0.1) is 52.7 Å². The van der Waals surface area contributed by atoms with Crippen LogP contribution in [0, 0.1) is 0 Å². The summed E-state index contributed by atoms with van der Waals surface area (Å²) in [5, 5.41) is -1.92. The van der Waals surface area contributed by atoms with E-state index in [9.17, 15) is 22.6 Å². The van der Waals surface area contributed by atoms with E-state index in [2.05, 4.69) is 6.92 Å². The molecule has 0 saturated carbocycles. The maximum atomic E-state index is 11.6. The Morgan fingerprint density at radius 3 is 1.24 bits per heavy atom. The molecule has 0 heterocycles. The Hall–Kier alpha value is -1.11. The van der Waals surface area contributed by atoms with E-state index in [0.29, 0.717) is 33.0 Å². The van der Waals surface area contributed by atoms with Crippen molar-refractivity contribution in [1.82, 2.24) is 0 Å². The summed E-state index contributed by atoms with van der Waals surface area (Å²) in [5.74, 6) is -1.84. The Morgan fingerprint density at radius 2 is 0.881 bits per heavy atom. The Bertz CT molecular complexity index is 729. The van der Waals surface area contributed by atoms with Crippen molar-refractivity contribution >= 4 is 21.9 Å². The number of carbonyl (C=O) groups is 2. The van der Waals surface area contributed by atoms with Gasteiger partial charge in [0, 0.05) is 6.61 Å². The van der Waals surface area contributed by atoms with E-state index in [4.69, 9.17) is 23.7 Å². The lowest BCUT2D eigenvalue weighted by molar-refractivity contribution is -0.146. The molecule has 0 rings (SSSR count). The van der Waals surface area contributed by atoms with Crippen LogP contribution in [0.3, 0.4) is 0 Å². The highest BCUT2D eigenvalue weighted by Crippen LogP contribution is 2.13. The maximum Gasteiger partial charge on any atom is 0.307 e. The first kappa shape index (κ1) is 40.9. The molecule has 250 valence electrons. The number of ether oxygens (including phenoxy) is 5. The third-order valence-corrected chi connectivity index (χ3v) is 8.10. The van der Waals surface area contributed by atoms with Crippen LogP contribution in [0.25, 0.3) is 0 Å². The predicted octanol–water partition coefficient (Wildman–Crippen LogP) is 5.75. The highest BCUT2D eigenvalue weighted by Gasteiger charge is 2.25. The first-order chi connectivity index (χ1) is 20.3. The summed E-state index contributed by atoms with van der Waals surface area (Å²) in [6.45, 7) is 6.57. The molecule has 11 heteroatoms. The third kappa shape index (κ3) is 29.0. The van der Waals surface area contributed by atoms with Gasteiger partial charge in [-0.3, -0.25) is 9.59 Å². The van der Waals surface area contributed by atoms with Gasteiger partial charge in [0.15, 0.2) is 0 Å². The fourth-order valence-electron chi connectivity index (χ4n) is 4.39. The highest BCUT2D eigenvalue weighted by molar-refractivity contribution is 7.87. The summed E-state index contributed by atoms with van der Waals surface area (Å²) in [6.07, 6.45) is 21.0. The van der Waals surface area contributed by atoms with Crippen molar-refractivity contribution in [2.24, 2.45) is 0 Å². The second-order valence-corrected chi connectivity index (χ2v) is 12.3. The minimum atomic E-state index is -4.89. The van der Waals surface area contributed by atoms with E-state index in [-0.39, 0.29) is 19.8 Å². The van der Waals surface area contributed by atoms with Crippen molar-refractivity contribution < 1.29 is 46.2 Å². The molecule has 0 aliphatic rings. The zero-order valence-corrected chi connectivity index (χ0v) is 27.3. The first-order valence-electron chi connectivity index (χ1n) is 16.2. The standard InChI is InChI=1S/C31H60O10S/c1-3-4-5-6-7-8-9-10-11-12-13-14-15-16-17-18-19-37-20-21-38-22-23-39-24-25-40-26-27-41-31(33)28-30(29(2)32)42(34,35)36/h30H,3-28H2,1-2H3,(H,34,35,36)/p-1. The SMILES string of the molecule is CCCCCCCCCCCCCCCCCCOCCOCCOCCOCCOC(=O)CC(C(C)=O)S(=O)(=O)[O-]. The number of esters is 1. The van der Waals surface area contributed by atoms with E-state index in [1.54, 1.807) is 0 Å². The highest BCUT2D eigenvalue weighted by atomic mass is 32.2. The van der Waals surface area contributed by atoms with Gasteiger partial charge < -0.3 is 28.2 Å². The van der Waals surface area contributed by atoms with E-state index in [0.717, 1.165) is 20.0 Å². The number of ketones is 1. The average Bonchev–Trinajstić information content (AvgIpc) is 2.94. The van der Waals surface area contributed by atoms with Gasteiger partial charge in [0.1, 0.15) is 27.8 Å². The topological polar surface area (TPSA) is 137 Å². The van der Waals surface area contributed by atoms with E-state index in [1.807, 2.05) is 0 Å². The summed E-state index contributed by atoms with van der Waals surface area (Å²) < 4.78 is 59.4. The molecule has 0 aliphatic carbocycles. The van der Waals surface area contributed by atoms with Crippen molar-refractivity contribution in [1.29, 1.82) is 0 Å². The van der Waals surface area contributed by atoms with Crippen LogP contribution in [-0.2, 0) is 43.4 Å². The summed E-state index contributed by atoms with van der Waals surface area (Å²) in [4.78, 5) is 22.8. The molecule has 0 radical (unpaired) electrons. The van der Waals surface area contributed by atoms with Crippen LogP contribution in [0.2, 0.25) is 0 Å².